The van der Waals surface area contributed by atoms with Gasteiger partial charge in [-0.15, -0.1) is 0 Å². The lowest BCUT2D eigenvalue weighted by molar-refractivity contribution is -0.136. The molecule has 0 spiro atoms. The zero-order chi connectivity index (χ0) is 21.3. The summed E-state index contributed by atoms with van der Waals surface area (Å²) in [5.41, 5.74) is 3.23. The van der Waals surface area contributed by atoms with E-state index >= 15 is 0 Å². The molecule has 0 aromatic heterocycles. The summed E-state index contributed by atoms with van der Waals surface area (Å²) in [6, 6.07) is 21.7. The molecule has 0 aliphatic carbocycles. The van der Waals surface area contributed by atoms with Gasteiger partial charge in [-0.25, -0.2) is 10.2 Å². The highest BCUT2D eigenvalue weighted by Gasteiger charge is 2.13. The molecule has 0 aliphatic rings. The normalized spacial score (nSPS) is 10.4. The number of amides is 2. The van der Waals surface area contributed by atoms with Crippen LogP contribution in [-0.4, -0.2) is 29.1 Å². The maximum absolute atomic E-state index is 12.0. The number of hydrazone groups is 1. The molecule has 3 aromatic carbocycles. The molecule has 0 atom stereocenters. The molecule has 0 bridgehead atoms. The maximum atomic E-state index is 12.0. The van der Waals surface area contributed by atoms with Gasteiger partial charge in [0.1, 0.15) is 11.5 Å². The van der Waals surface area contributed by atoms with Crippen molar-refractivity contribution in [1.82, 2.24) is 5.43 Å². The van der Waals surface area contributed by atoms with Crippen molar-refractivity contribution < 1.29 is 24.2 Å². The van der Waals surface area contributed by atoms with Crippen LogP contribution in [0.1, 0.15) is 15.9 Å². The Bertz CT molecular complexity index is 1060. The second kappa shape index (κ2) is 9.65. The van der Waals surface area contributed by atoms with Gasteiger partial charge in [0.15, 0.2) is 0 Å². The third-order valence-electron chi connectivity index (χ3n) is 3.83. The number of aromatic carboxylic acids is 1. The fourth-order valence-electron chi connectivity index (χ4n) is 2.35. The molecule has 0 saturated carbocycles. The van der Waals surface area contributed by atoms with Crippen molar-refractivity contribution in [3.8, 4) is 11.5 Å². The Hall–Kier alpha value is -4.46. The minimum atomic E-state index is -1.04. The predicted octanol–water partition coefficient (Wildman–Crippen LogP) is 3.27. The van der Waals surface area contributed by atoms with Crippen LogP contribution in [0.2, 0.25) is 0 Å². The number of carbonyl (C=O) groups is 3. The van der Waals surface area contributed by atoms with Gasteiger partial charge < -0.3 is 15.2 Å². The first-order valence-corrected chi connectivity index (χ1v) is 8.82. The zero-order valence-corrected chi connectivity index (χ0v) is 15.6. The molecule has 3 rings (SSSR count). The molecule has 8 nitrogen and oxygen atoms in total. The molecule has 0 fully saturated rings. The molecule has 30 heavy (non-hydrogen) atoms. The Morgan fingerprint density at radius 3 is 2.07 bits per heavy atom. The molecule has 2 amide bonds. The van der Waals surface area contributed by atoms with Gasteiger partial charge in [0.2, 0.25) is 0 Å². The van der Waals surface area contributed by atoms with Crippen LogP contribution in [0.5, 0.6) is 11.5 Å². The fourth-order valence-corrected chi connectivity index (χ4v) is 2.35. The first-order valence-electron chi connectivity index (χ1n) is 8.82. The average molecular weight is 403 g/mol. The quantitative estimate of drug-likeness (QED) is 0.332. The zero-order valence-electron chi connectivity index (χ0n) is 15.6. The molecule has 0 aliphatic heterocycles. The number of carboxylic acid groups (broad SMARTS) is 1. The Balaban J connectivity index is 1.50. The number of nitrogens with zero attached hydrogens (tertiary/aromatic N) is 1. The number of carboxylic acids is 1. The van der Waals surface area contributed by atoms with Crippen molar-refractivity contribution >= 4 is 29.7 Å². The summed E-state index contributed by atoms with van der Waals surface area (Å²) in [5, 5.41) is 15.0. The van der Waals surface area contributed by atoms with Crippen LogP contribution in [0, 0.1) is 0 Å². The summed E-state index contributed by atoms with van der Waals surface area (Å²) >= 11 is 0. The van der Waals surface area contributed by atoms with Crippen molar-refractivity contribution in [3.63, 3.8) is 0 Å². The fraction of sp³-hybridized carbons (Fsp3) is 0. The number of nitrogens with one attached hydrogen (secondary N) is 2. The first kappa shape index (κ1) is 20.3. The van der Waals surface area contributed by atoms with E-state index in [0.717, 1.165) is 0 Å². The summed E-state index contributed by atoms with van der Waals surface area (Å²) in [6.07, 6.45) is 1.30. The van der Waals surface area contributed by atoms with Crippen LogP contribution in [0.3, 0.4) is 0 Å². The summed E-state index contributed by atoms with van der Waals surface area (Å²) in [5.74, 6) is -1.60. The second-order valence-corrected chi connectivity index (χ2v) is 6.02. The second-order valence-electron chi connectivity index (χ2n) is 6.02. The number of hydrogen-bond donors (Lipinski definition) is 3. The molecule has 8 heteroatoms. The Labute approximate surface area is 171 Å². The number of carbonyl (C=O) groups excluding carboxylic acids is 2. The number of para-hydroxylation sites is 1. The molecule has 0 heterocycles. The standard InChI is InChI=1S/C22H17N3O5/c26-20(21(27)25-23-14-15-6-8-16(9-7-15)22(28)29)24-17-10-12-19(13-11-17)30-18-4-2-1-3-5-18/h1-14H,(H,24,26)(H,25,27)(H,28,29)/b23-14-. The van der Waals surface area contributed by atoms with Crippen molar-refractivity contribution in [2.24, 2.45) is 5.10 Å². The summed E-state index contributed by atoms with van der Waals surface area (Å²) < 4.78 is 5.66. The van der Waals surface area contributed by atoms with Crippen LogP contribution in [0.15, 0.2) is 84.0 Å². The molecule has 150 valence electrons. The topological polar surface area (TPSA) is 117 Å². The van der Waals surface area contributed by atoms with E-state index < -0.39 is 17.8 Å². The highest BCUT2D eigenvalue weighted by atomic mass is 16.5. The smallest absolute Gasteiger partial charge is 0.335 e. The lowest BCUT2D eigenvalue weighted by Gasteiger charge is -2.07. The molecular weight excluding hydrogens is 386 g/mol. The number of rotatable bonds is 6. The molecule has 0 radical (unpaired) electrons. The highest BCUT2D eigenvalue weighted by Crippen LogP contribution is 2.22. The van der Waals surface area contributed by atoms with E-state index in [1.54, 1.807) is 24.3 Å². The first-order chi connectivity index (χ1) is 14.5. The Morgan fingerprint density at radius 2 is 1.43 bits per heavy atom. The van der Waals surface area contributed by atoms with Crippen molar-refractivity contribution in [3.05, 3.63) is 90.0 Å². The largest absolute Gasteiger partial charge is 0.478 e. The van der Waals surface area contributed by atoms with Crippen LogP contribution < -0.4 is 15.5 Å². The van der Waals surface area contributed by atoms with Crippen LogP contribution in [0.4, 0.5) is 5.69 Å². The minimum absolute atomic E-state index is 0.135. The van der Waals surface area contributed by atoms with Crippen molar-refractivity contribution in [2.75, 3.05) is 5.32 Å². The summed E-state index contributed by atoms with van der Waals surface area (Å²) in [4.78, 5) is 34.6. The minimum Gasteiger partial charge on any atom is -0.478 e. The van der Waals surface area contributed by atoms with E-state index in [1.807, 2.05) is 30.3 Å². The van der Waals surface area contributed by atoms with E-state index in [-0.39, 0.29) is 5.56 Å². The molecule has 3 aromatic rings. The van der Waals surface area contributed by atoms with E-state index in [9.17, 15) is 14.4 Å². The third kappa shape index (κ3) is 5.77. The highest BCUT2D eigenvalue weighted by molar-refractivity contribution is 6.39. The monoisotopic (exact) mass is 403 g/mol. The van der Waals surface area contributed by atoms with E-state index in [2.05, 4.69) is 15.8 Å². The maximum Gasteiger partial charge on any atom is 0.335 e. The number of ether oxygens (including phenoxy) is 1. The predicted molar refractivity (Wildman–Crippen MR) is 111 cm³/mol. The number of benzene rings is 3. The number of hydrogen-bond acceptors (Lipinski definition) is 5. The molecule has 0 unspecified atom stereocenters. The van der Waals surface area contributed by atoms with Crippen LogP contribution in [0.25, 0.3) is 0 Å². The van der Waals surface area contributed by atoms with Gasteiger partial charge in [-0.3, -0.25) is 9.59 Å². The number of anilines is 1. The van der Waals surface area contributed by atoms with Crippen molar-refractivity contribution in [2.45, 2.75) is 0 Å². The van der Waals surface area contributed by atoms with Gasteiger partial charge in [-0.05, 0) is 54.1 Å². The SMILES string of the molecule is O=C(N/N=C\c1ccc(C(=O)O)cc1)C(=O)Nc1ccc(Oc2ccccc2)cc1. The van der Waals surface area contributed by atoms with Crippen LogP contribution in [-0.2, 0) is 9.59 Å². The van der Waals surface area contributed by atoms with E-state index in [4.69, 9.17) is 9.84 Å². The summed E-state index contributed by atoms with van der Waals surface area (Å²) in [7, 11) is 0. The van der Waals surface area contributed by atoms with Gasteiger partial charge >= 0.3 is 17.8 Å². The van der Waals surface area contributed by atoms with Crippen LogP contribution >= 0.6 is 0 Å². The Kier molecular flexibility index (Phi) is 6.52. The third-order valence-corrected chi connectivity index (χ3v) is 3.83. The van der Waals surface area contributed by atoms with E-state index in [1.165, 1.54) is 30.5 Å². The van der Waals surface area contributed by atoms with Gasteiger partial charge in [0.05, 0.1) is 11.8 Å². The van der Waals surface area contributed by atoms with E-state index in [0.29, 0.717) is 22.7 Å². The lowest BCUT2D eigenvalue weighted by Crippen LogP contribution is -2.32. The van der Waals surface area contributed by atoms with Gasteiger partial charge in [0.25, 0.3) is 0 Å². The molecular formula is C22H17N3O5. The lowest BCUT2D eigenvalue weighted by atomic mass is 10.1. The molecule has 3 N–H and O–H groups in total. The van der Waals surface area contributed by atoms with Gasteiger partial charge in [-0.1, -0.05) is 30.3 Å². The summed E-state index contributed by atoms with van der Waals surface area (Å²) in [6.45, 7) is 0. The average Bonchev–Trinajstić information content (AvgIpc) is 2.76. The Morgan fingerprint density at radius 1 is 0.800 bits per heavy atom. The van der Waals surface area contributed by atoms with Gasteiger partial charge in [-0.2, -0.15) is 5.10 Å². The van der Waals surface area contributed by atoms with Gasteiger partial charge in [0, 0.05) is 5.69 Å². The van der Waals surface area contributed by atoms with Crippen molar-refractivity contribution in [1.29, 1.82) is 0 Å². The molecule has 0 saturated heterocycles.